The minimum atomic E-state index is 1.07. The second kappa shape index (κ2) is 4.87. The lowest BCUT2D eigenvalue weighted by molar-refractivity contribution is 1.10. The van der Waals surface area contributed by atoms with Crippen LogP contribution in [0.3, 0.4) is 0 Å². The summed E-state index contributed by atoms with van der Waals surface area (Å²) in [6, 6.07) is 16.5. The maximum atomic E-state index is 4.22. The smallest absolute Gasteiger partial charge is 0.0639 e. The zero-order chi connectivity index (χ0) is 14.1. The van der Waals surface area contributed by atoms with Crippen molar-refractivity contribution in [2.75, 3.05) is 0 Å². The van der Waals surface area contributed by atoms with E-state index in [2.05, 4.69) is 57.1 Å². The molecule has 0 radical (unpaired) electrons. The van der Waals surface area contributed by atoms with Gasteiger partial charge < -0.3 is 4.57 Å². The van der Waals surface area contributed by atoms with Gasteiger partial charge in [0.15, 0.2) is 0 Å². The predicted octanol–water partition coefficient (Wildman–Crippen LogP) is 4.09. The predicted molar refractivity (Wildman–Crippen MR) is 84.3 cm³/mol. The molecule has 0 atom stereocenters. The van der Waals surface area contributed by atoms with Crippen molar-refractivity contribution in [3.8, 4) is 16.8 Å². The summed E-state index contributed by atoms with van der Waals surface area (Å²) >= 11 is 0. The third-order valence-corrected chi connectivity index (χ3v) is 3.63. The van der Waals surface area contributed by atoms with Crippen LogP contribution in [0.5, 0.6) is 0 Å². The van der Waals surface area contributed by atoms with Crippen LogP contribution >= 0.6 is 0 Å². The number of benzene rings is 1. The van der Waals surface area contributed by atoms with Gasteiger partial charge in [0.2, 0.25) is 0 Å². The topological polar surface area (TPSA) is 30.7 Å². The van der Waals surface area contributed by atoms with Crippen LogP contribution < -0.4 is 0 Å². The van der Waals surface area contributed by atoms with E-state index in [0.717, 1.165) is 11.3 Å². The molecule has 0 amide bonds. The largest absolute Gasteiger partial charge is 0.315 e. The van der Waals surface area contributed by atoms with Gasteiger partial charge in [-0.05, 0) is 35.9 Å². The molecule has 100 valence electrons. The summed E-state index contributed by atoms with van der Waals surface area (Å²) in [7, 11) is 0. The fraction of sp³-hybridized carbons (Fsp3) is 0. The number of hydrogen-bond donors (Lipinski definition) is 0. The van der Waals surface area contributed by atoms with Gasteiger partial charge in [0, 0.05) is 35.7 Å². The highest BCUT2D eigenvalue weighted by Gasteiger charge is 2.08. The van der Waals surface area contributed by atoms with E-state index in [0.29, 0.717) is 0 Å². The molecule has 1 aromatic carbocycles. The molecule has 0 spiro atoms. The van der Waals surface area contributed by atoms with Crippen LogP contribution in [-0.2, 0) is 0 Å². The van der Waals surface area contributed by atoms with Crippen molar-refractivity contribution in [1.29, 1.82) is 0 Å². The molecule has 21 heavy (non-hydrogen) atoms. The molecular weight excluding hydrogens is 258 g/mol. The van der Waals surface area contributed by atoms with Crippen molar-refractivity contribution in [2.45, 2.75) is 0 Å². The Morgan fingerprint density at radius 3 is 2.38 bits per heavy atom. The summed E-state index contributed by atoms with van der Waals surface area (Å²) in [4.78, 5) is 8.41. The first kappa shape index (κ1) is 11.9. The van der Waals surface area contributed by atoms with Crippen LogP contribution in [0.25, 0.3) is 27.7 Å². The van der Waals surface area contributed by atoms with Gasteiger partial charge in [-0.1, -0.05) is 18.2 Å². The molecule has 0 unspecified atom stereocenters. The Balaban J connectivity index is 1.96. The Labute approximate surface area is 122 Å². The number of pyridine rings is 2. The first-order valence-corrected chi connectivity index (χ1v) is 6.84. The van der Waals surface area contributed by atoms with E-state index in [4.69, 9.17) is 0 Å². The number of hydrogen-bond acceptors (Lipinski definition) is 2. The Morgan fingerprint density at radius 2 is 1.62 bits per heavy atom. The van der Waals surface area contributed by atoms with Crippen molar-refractivity contribution in [3.63, 3.8) is 0 Å². The summed E-state index contributed by atoms with van der Waals surface area (Å²) in [5.74, 6) is 0. The van der Waals surface area contributed by atoms with Crippen molar-refractivity contribution >= 4 is 10.9 Å². The highest BCUT2D eigenvalue weighted by Crippen LogP contribution is 2.30. The van der Waals surface area contributed by atoms with Crippen LogP contribution in [0, 0.1) is 0 Å². The van der Waals surface area contributed by atoms with E-state index in [9.17, 15) is 0 Å². The summed E-state index contributed by atoms with van der Waals surface area (Å²) in [5.41, 5.74) is 4.57. The maximum Gasteiger partial charge on any atom is 0.0639 e. The molecule has 0 saturated carbocycles. The molecule has 0 N–H and O–H groups in total. The number of rotatable bonds is 2. The third-order valence-electron chi connectivity index (χ3n) is 3.63. The fourth-order valence-corrected chi connectivity index (χ4v) is 2.66. The standard InChI is InChI=1S/C18H13N3/c1-6-16(14-4-2-9-19-12-14)17-8-11-21(18(17)7-1)15-5-3-10-20-13-15/h1-13H. The second-order valence-electron chi connectivity index (χ2n) is 4.88. The Kier molecular flexibility index (Phi) is 2.75. The Hall–Kier alpha value is -2.94. The van der Waals surface area contributed by atoms with Gasteiger partial charge in [-0.2, -0.15) is 0 Å². The molecular formula is C18H13N3. The van der Waals surface area contributed by atoms with E-state index in [1.54, 1.807) is 12.4 Å². The Morgan fingerprint density at radius 1 is 0.762 bits per heavy atom. The first-order chi connectivity index (χ1) is 10.4. The summed E-state index contributed by atoms with van der Waals surface area (Å²) in [5, 5.41) is 1.22. The van der Waals surface area contributed by atoms with E-state index < -0.39 is 0 Å². The lowest BCUT2D eigenvalue weighted by atomic mass is 10.0. The van der Waals surface area contributed by atoms with Gasteiger partial charge in [-0.15, -0.1) is 0 Å². The third kappa shape index (κ3) is 1.99. The van der Waals surface area contributed by atoms with Crippen LogP contribution in [0.15, 0.2) is 79.5 Å². The van der Waals surface area contributed by atoms with Gasteiger partial charge in [0.1, 0.15) is 0 Å². The molecule has 3 nitrogen and oxygen atoms in total. The number of aromatic nitrogens is 3. The number of nitrogens with zero attached hydrogens (tertiary/aromatic N) is 3. The fourth-order valence-electron chi connectivity index (χ4n) is 2.66. The van der Waals surface area contributed by atoms with Gasteiger partial charge in [-0.25, -0.2) is 0 Å². The van der Waals surface area contributed by atoms with Crippen LogP contribution in [0.4, 0.5) is 0 Å². The molecule has 3 aromatic heterocycles. The molecule has 0 saturated heterocycles. The first-order valence-electron chi connectivity index (χ1n) is 6.84. The molecule has 4 aromatic rings. The molecule has 0 fully saturated rings. The van der Waals surface area contributed by atoms with Crippen molar-refractivity contribution < 1.29 is 0 Å². The van der Waals surface area contributed by atoms with Crippen molar-refractivity contribution in [1.82, 2.24) is 14.5 Å². The van der Waals surface area contributed by atoms with Gasteiger partial charge in [0.05, 0.1) is 17.4 Å². The van der Waals surface area contributed by atoms with Crippen LogP contribution in [-0.4, -0.2) is 14.5 Å². The highest BCUT2D eigenvalue weighted by atomic mass is 15.0. The molecule has 0 aliphatic heterocycles. The van der Waals surface area contributed by atoms with E-state index in [1.807, 2.05) is 24.5 Å². The lowest BCUT2D eigenvalue weighted by Gasteiger charge is -2.07. The van der Waals surface area contributed by atoms with Crippen LogP contribution in [0.1, 0.15) is 0 Å². The second-order valence-corrected chi connectivity index (χ2v) is 4.88. The lowest BCUT2D eigenvalue weighted by Crippen LogP contribution is -1.92. The molecule has 0 bridgehead atoms. The molecule has 4 rings (SSSR count). The molecule has 3 heteroatoms. The zero-order valence-corrected chi connectivity index (χ0v) is 11.3. The molecule has 0 aliphatic rings. The van der Waals surface area contributed by atoms with E-state index >= 15 is 0 Å². The Bertz CT molecular complexity index is 880. The molecule has 0 aliphatic carbocycles. The van der Waals surface area contributed by atoms with Gasteiger partial charge in [-0.3, -0.25) is 9.97 Å². The van der Waals surface area contributed by atoms with Gasteiger partial charge in [0.25, 0.3) is 0 Å². The normalized spacial score (nSPS) is 10.9. The highest BCUT2D eigenvalue weighted by molar-refractivity contribution is 5.96. The minimum Gasteiger partial charge on any atom is -0.315 e. The zero-order valence-electron chi connectivity index (χ0n) is 11.3. The van der Waals surface area contributed by atoms with E-state index in [-0.39, 0.29) is 0 Å². The maximum absolute atomic E-state index is 4.22. The van der Waals surface area contributed by atoms with Crippen molar-refractivity contribution in [2.24, 2.45) is 0 Å². The quantitative estimate of drug-likeness (QED) is 0.550. The molecule has 3 heterocycles. The average molecular weight is 271 g/mol. The average Bonchev–Trinajstić information content (AvgIpc) is 3.00. The summed E-state index contributed by atoms with van der Waals surface area (Å²) in [6.45, 7) is 0. The van der Waals surface area contributed by atoms with Crippen molar-refractivity contribution in [3.05, 3.63) is 79.5 Å². The van der Waals surface area contributed by atoms with Gasteiger partial charge >= 0.3 is 0 Å². The summed E-state index contributed by atoms with van der Waals surface area (Å²) in [6.07, 6.45) is 9.44. The number of fused-ring (bicyclic) bond motifs is 1. The SMILES string of the molecule is c1cncc(-c2cccc3c2ccn3-c2cccnc2)c1. The van der Waals surface area contributed by atoms with E-state index in [1.165, 1.54) is 16.5 Å². The van der Waals surface area contributed by atoms with Crippen LogP contribution in [0.2, 0.25) is 0 Å². The minimum absolute atomic E-state index is 1.07. The monoisotopic (exact) mass is 271 g/mol. The summed E-state index contributed by atoms with van der Waals surface area (Å²) < 4.78 is 2.15.